The van der Waals surface area contributed by atoms with Crippen LogP contribution in [0.4, 0.5) is 16.2 Å². The average molecular weight is 289 g/mol. The summed E-state index contributed by atoms with van der Waals surface area (Å²) in [5, 5.41) is 5.65. The van der Waals surface area contributed by atoms with Crippen LogP contribution in [-0.2, 0) is 9.53 Å². The highest BCUT2D eigenvalue weighted by molar-refractivity contribution is 5.96. The van der Waals surface area contributed by atoms with Crippen LogP contribution in [0.15, 0.2) is 24.3 Å². The molecule has 2 saturated heterocycles. The van der Waals surface area contributed by atoms with Gasteiger partial charge in [0.1, 0.15) is 0 Å². The molecule has 1 aromatic rings. The fourth-order valence-electron chi connectivity index (χ4n) is 2.65. The van der Waals surface area contributed by atoms with Crippen LogP contribution in [0.25, 0.3) is 0 Å². The second-order valence-corrected chi connectivity index (χ2v) is 5.35. The van der Waals surface area contributed by atoms with Gasteiger partial charge in [-0.05, 0) is 37.1 Å². The number of nitrogens with one attached hydrogen (secondary N) is 2. The number of amides is 3. The van der Waals surface area contributed by atoms with E-state index in [-0.39, 0.29) is 18.0 Å². The first-order chi connectivity index (χ1) is 10.2. The Morgan fingerprint density at radius 3 is 2.71 bits per heavy atom. The first-order valence-electron chi connectivity index (χ1n) is 7.28. The van der Waals surface area contributed by atoms with Crippen LogP contribution < -0.4 is 15.5 Å². The first-order valence-corrected chi connectivity index (χ1v) is 7.28. The molecule has 1 unspecified atom stereocenters. The van der Waals surface area contributed by atoms with Crippen molar-refractivity contribution in [2.45, 2.75) is 25.3 Å². The SMILES string of the molecule is O=C(Nc1ccc(N2CCCC2=O)cc1)NC1CCOC1. The van der Waals surface area contributed by atoms with E-state index in [1.807, 2.05) is 24.3 Å². The number of anilines is 2. The Bertz CT molecular complexity index is 523. The maximum Gasteiger partial charge on any atom is 0.319 e. The normalized spacial score (nSPS) is 21.6. The van der Waals surface area contributed by atoms with Crippen molar-refractivity contribution >= 4 is 23.3 Å². The van der Waals surface area contributed by atoms with Gasteiger partial charge in [-0.1, -0.05) is 0 Å². The van der Waals surface area contributed by atoms with Gasteiger partial charge in [-0.15, -0.1) is 0 Å². The number of benzene rings is 1. The standard InChI is InChI=1S/C15H19N3O3/c19-14-2-1-8-18(14)13-5-3-11(4-6-13)16-15(20)17-12-7-9-21-10-12/h3-6,12H,1-2,7-10H2,(H2,16,17,20). The molecule has 0 radical (unpaired) electrons. The Kier molecular flexibility index (Phi) is 4.06. The minimum Gasteiger partial charge on any atom is -0.379 e. The summed E-state index contributed by atoms with van der Waals surface area (Å²) in [4.78, 5) is 25.3. The molecule has 2 N–H and O–H groups in total. The van der Waals surface area contributed by atoms with Gasteiger partial charge >= 0.3 is 6.03 Å². The summed E-state index contributed by atoms with van der Waals surface area (Å²) < 4.78 is 5.21. The molecule has 0 aliphatic carbocycles. The number of carbonyl (C=O) groups excluding carboxylic acids is 2. The Morgan fingerprint density at radius 1 is 1.29 bits per heavy atom. The molecule has 2 aliphatic rings. The summed E-state index contributed by atoms with van der Waals surface area (Å²) in [7, 11) is 0. The van der Waals surface area contributed by atoms with E-state index in [9.17, 15) is 9.59 Å². The van der Waals surface area contributed by atoms with E-state index in [0.29, 0.717) is 25.3 Å². The third-order valence-electron chi connectivity index (χ3n) is 3.78. The molecule has 1 aromatic carbocycles. The lowest BCUT2D eigenvalue weighted by molar-refractivity contribution is -0.117. The van der Waals surface area contributed by atoms with Gasteiger partial charge in [0.05, 0.1) is 12.6 Å². The first kappa shape index (κ1) is 13.9. The maximum absolute atomic E-state index is 11.8. The van der Waals surface area contributed by atoms with E-state index in [4.69, 9.17) is 4.74 Å². The van der Waals surface area contributed by atoms with Crippen molar-refractivity contribution in [3.8, 4) is 0 Å². The van der Waals surface area contributed by atoms with E-state index >= 15 is 0 Å². The predicted octanol–water partition coefficient (Wildman–Crippen LogP) is 1.72. The zero-order valence-corrected chi connectivity index (χ0v) is 11.8. The van der Waals surface area contributed by atoms with Crippen molar-refractivity contribution in [3.63, 3.8) is 0 Å². The van der Waals surface area contributed by atoms with Crippen LogP contribution >= 0.6 is 0 Å². The number of ether oxygens (including phenoxy) is 1. The molecule has 1 atom stereocenters. The fourth-order valence-corrected chi connectivity index (χ4v) is 2.65. The van der Waals surface area contributed by atoms with Crippen molar-refractivity contribution in [2.24, 2.45) is 0 Å². The van der Waals surface area contributed by atoms with Gasteiger partial charge in [0.25, 0.3) is 0 Å². The largest absolute Gasteiger partial charge is 0.379 e. The van der Waals surface area contributed by atoms with E-state index in [2.05, 4.69) is 10.6 Å². The van der Waals surface area contributed by atoms with E-state index < -0.39 is 0 Å². The number of carbonyl (C=O) groups is 2. The van der Waals surface area contributed by atoms with Crippen LogP contribution in [0.3, 0.4) is 0 Å². The molecule has 6 heteroatoms. The van der Waals surface area contributed by atoms with Gasteiger partial charge in [-0.25, -0.2) is 4.79 Å². The molecule has 2 heterocycles. The quantitative estimate of drug-likeness (QED) is 0.890. The van der Waals surface area contributed by atoms with Gasteiger partial charge in [0, 0.05) is 30.9 Å². The van der Waals surface area contributed by atoms with E-state index in [0.717, 1.165) is 25.1 Å². The molecule has 3 amide bonds. The van der Waals surface area contributed by atoms with Crippen molar-refractivity contribution < 1.29 is 14.3 Å². The minimum atomic E-state index is -0.226. The van der Waals surface area contributed by atoms with Crippen molar-refractivity contribution in [2.75, 3.05) is 30.0 Å². The Hall–Kier alpha value is -2.08. The molecule has 0 aromatic heterocycles. The molecule has 2 fully saturated rings. The summed E-state index contributed by atoms with van der Waals surface area (Å²) in [5.74, 6) is 0.162. The molecule has 0 spiro atoms. The fraction of sp³-hybridized carbons (Fsp3) is 0.467. The summed E-state index contributed by atoms with van der Waals surface area (Å²) in [5.41, 5.74) is 1.59. The number of hydrogen-bond acceptors (Lipinski definition) is 3. The lowest BCUT2D eigenvalue weighted by atomic mass is 10.2. The third kappa shape index (κ3) is 3.33. The number of hydrogen-bond donors (Lipinski definition) is 2. The van der Waals surface area contributed by atoms with Gasteiger partial charge < -0.3 is 20.3 Å². The van der Waals surface area contributed by atoms with Gasteiger partial charge in [-0.3, -0.25) is 4.79 Å². The lowest BCUT2D eigenvalue weighted by Crippen LogP contribution is -2.38. The molecule has 112 valence electrons. The van der Waals surface area contributed by atoms with Crippen LogP contribution in [0.2, 0.25) is 0 Å². The number of urea groups is 1. The topological polar surface area (TPSA) is 70.7 Å². The Balaban J connectivity index is 1.56. The highest BCUT2D eigenvalue weighted by Gasteiger charge is 2.21. The average Bonchev–Trinajstić information content (AvgIpc) is 3.11. The smallest absolute Gasteiger partial charge is 0.319 e. The molecule has 3 rings (SSSR count). The van der Waals surface area contributed by atoms with Crippen LogP contribution in [0.1, 0.15) is 19.3 Å². The summed E-state index contributed by atoms with van der Waals surface area (Å²) in [6, 6.07) is 7.20. The lowest BCUT2D eigenvalue weighted by Gasteiger charge is -2.16. The van der Waals surface area contributed by atoms with Crippen molar-refractivity contribution in [1.29, 1.82) is 0 Å². The molecule has 2 aliphatic heterocycles. The van der Waals surface area contributed by atoms with E-state index in [1.54, 1.807) is 4.90 Å². The number of nitrogens with zero attached hydrogens (tertiary/aromatic N) is 1. The van der Waals surface area contributed by atoms with E-state index in [1.165, 1.54) is 0 Å². The van der Waals surface area contributed by atoms with Crippen LogP contribution in [0, 0.1) is 0 Å². The zero-order valence-electron chi connectivity index (χ0n) is 11.8. The molecular weight excluding hydrogens is 270 g/mol. The van der Waals surface area contributed by atoms with Gasteiger partial charge in [-0.2, -0.15) is 0 Å². The highest BCUT2D eigenvalue weighted by Crippen LogP contribution is 2.23. The summed E-state index contributed by atoms with van der Waals surface area (Å²) >= 11 is 0. The summed E-state index contributed by atoms with van der Waals surface area (Å²) in [6.45, 7) is 2.04. The minimum absolute atomic E-state index is 0.0893. The Morgan fingerprint density at radius 2 is 2.10 bits per heavy atom. The maximum atomic E-state index is 11.8. The predicted molar refractivity (Wildman–Crippen MR) is 79.4 cm³/mol. The van der Waals surface area contributed by atoms with Crippen LogP contribution in [0.5, 0.6) is 0 Å². The third-order valence-corrected chi connectivity index (χ3v) is 3.78. The van der Waals surface area contributed by atoms with Crippen molar-refractivity contribution in [3.05, 3.63) is 24.3 Å². The summed E-state index contributed by atoms with van der Waals surface area (Å²) in [6.07, 6.45) is 2.37. The monoisotopic (exact) mass is 289 g/mol. The molecule has 21 heavy (non-hydrogen) atoms. The molecule has 6 nitrogen and oxygen atoms in total. The number of rotatable bonds is 3. The second-order valence-electron chi connectivity index (χ2n) is 5.35. The zero-order chi connectivity index (χ0) is 14.7. The highest BCUT2D eigenvalue weighted by atomic mass is 16.5. The van der Waals surface area contributed by atoms with Crippen molar-refractivity contribution in [1.82, 2.24) is 5.32 Å². The second kappa shape index (κ2) is 6.13. The molecule has 0 saturated carbocycles. The van der Waals surface area contributed by atoms with Gasteiger partial charge in [0.15, 0.2) is 0 Å². The van der Waals surface area contributed by atoms with Gasteiger partial charge in [0.2, 0.25) is 5.91 Å². The Labute approximate surface area is 123 Å². The molecular formula is C15H19N3O3. The van der Waals surface area contributed by atoms with Crippen LogP contribution in [-0.4, -0.2) is 37.7 Å². The molecule has 0 bridgehead atoms.